The number of aromatic nitrogens is 2. The van der Waals surface area contributed by atoms with Crippen LogP contribution in [-0.4, -0.2) is 42.0 Å². The van der Waals surface area contributed by atoms with Crippen molar-refractivity contribution in [2.24, 2.45) is 0 Å². The van der Waals surface area contributed by atoms with Gasteiger partial charge in [-0.05, 0) is 20.8 Å². The van der Waals surface area contributed by atoms with Crippen LogP contribution in [0.2, 0.25) is 0 Å². The quantitative estimate of drug-likeness (QED) is 0.843. The van der Waals surface area contributed by atoms with Crippen LogP contribution < -0.4 is 10.2 Å². The van der Waals surface area contributed by atoms with Gasteiger partial charge < -0.3 is 19.4 Å². The van der Waals surface area contributed by atoms with Gasteiger partial charge in [0.1, 0.15) is 0 Å². The first-order valence-corrected chi connectivity index (χ1v) is 5.95. The van der Waals surface area contributed by atoms with Crippen LogP contribution in [0.25, 0.3) is 0 Å². The van der Waals surface area contributed by atoms with Crippen molar-refractivity contribution < 1.29 is 9.15 Å². The van der Waals surface area contributed by atoms with Crippen molar-refractivity contribution in [2.45, 2.75) is 32.9 Å². The van der Waals surface area contributed by atoms with E-state index in [1.165, 1.54) is 0 Å². The molecule has 1 aliphatic rings. The highest BCUT2D eigenvalue weighted by Gasteiger charge is 2.18. The molecule has 96 valence electrons. The number of nitrogens with zero attached hydrogens (tertiary/aromatic N) is 3. The molecule has 0 amide bonds. The van der Waals surface area contributed by atoms with Gasteiger partial charge in [0, 0.05) is 18.6 Å². The predicted molar refractivity (Wildman–Crippen MR) is 63.9 cm³/mol. The highest BCUT2D eigenvalue weighted by molar-refractivity contribution is 5.24. The van der Waals surface area contributed by atoms with Crippen LogP contribution in [0, 0.1) is 0 Å². The lowest BCUT2D eigenvalue weighted by Crippen LogP contribution is -2.36. The fourth-order valence-electron chi connectivity index (χ4n) is 1.54. The Morgan fingerprint density at radius 2 is 1.94 bits per heavy atom. The third kappa shape index (κ3) is 3.67. The van der Waals surface area contributed by atoms with Crippen molar-refractivity contribution in [3.63, 3.8) is 0 Å². The molecule has 0 spiro atoms. The molecule has 1 saturated heterocycles. The number of rotatable bonds is 3. The van der Waals surface area contributed by atoms with E-state index in [-0.39, 0.29) is 5.54 Å². The molecule has 0 saturated carbocycles. The first-order chi connectivity index (χ1) is 8.04. The molecule has 6 heteroatoms. The minimum atomic E-state index is 0.0492. The fraction of sp³-hybridized carbons (Fsp3) is 0.818. The molecule has 2 heterocycles. The van der Waals surface area contributed by atoms with Crippen LogP contribution in [0.4, 0.5) is 6.01 Å². The van der Waals surface area contributed by atoms with Crippen molar-refractivity contribution in [3.8, 4) is 0 Å². The molecule has 0 radical (unpaired) electrons. The zero-order valence-corrected chi connectivity index (χ0v) is 10.7. The van der Waals surface area contributed by atoms with Gasteiger partial charge in [-0.25, -0.2) is 0 Å². The summed E-state index contributed by atoms with van der Waals surface area (Å²) >= 11 is 0. The summed E-state index contributed by atoms with van der Waals surface area (Å²) in [6.07, 6.45) is 0. The number of anilines is 1. The predicted octanol–water partition coefficient (Wildman–Crippen LogP) is 0.794. The average Bonchev–Trinajstić information content (AvgIpc) is 2.75. The second-order valence-corrected chi connectivity index (χ2v) is 5.18. The van der Waals surface area contributed by atoms with Crippen LogP contribution in [0.15, 0.2) is 4.42 Å². The Morgan fingerprint density at radius 3 is 2.59 bits per heavy atom. The van der Waals surface area contributed by atoms with E-state index in [1.807, 2.05) is 0 Å². The van der Waals surface area contributed by atoms with E-state index in [9.17, 15) is 0 Å². The number of ether oxygens (including phenoxy) is 1. The molecule has 0 aliphatic carbocycles. The smallest absolute Gasteiger partial charge is 0.318 e. The van der Waals surface area contributed by atoms with E-state index in [4.69, 9.17) is 9.15 Å². The number of hydrogen-bond acceptors (Lipinski definition) is 6. The minimum absolute atomic E-state index is 0.0492. The summed E-state index contributed by atoms with van der Waals surface area (Å²) in [6, 6.07) is 0.596. The Balaban J connectivity index is 1.91. The molecule has 1 aliphatic heterocycles. The highest BCUT2D eigenvalue weighted by atomic mass is 16.5. The molecule has 1 fully saturated rings. The van der Waals surface area contributed by atoms with Crippen LogP contribution in [0.5, 0.6) is 0 Å². The summed E-state index contributed by atoms with van der Waals surface area (Å²) in [5, 5.41) is 11.4. The number of hydrogen-bond donors (Lipinski definition) is 1. The molecule has 17 heavy (non-hydrogen) atoms. The van der Waals surface area contributed by atoms with Crippen LogP contribution in [0.3, 0.4) is 0 Å². The summed E-state index contributed by atoms with van der Waals surface area (Å²) in [5.41, 5.74) is 0.0492. The van der Waals surface area contributed by atoms with Crippen LogP contribution >= 0.6 is 0 Å². The maximum atomic E-state index is 5.60. The van der Waals surface area contributed by atoms with Crippen molar-refractivity contribution in [3.05, 3.63) is 5.89 Å². The lowest BCUT2D eigenvalue weighted by molar-refractivity contribution is 0.120. The van der Waals surface area contributed by atoms with Gasteiger partial charge in [-0.1, -0.05) is 5.10 Å². The summed E-state index contributed by atoms with van der Waals surface area (Å²) < 4.78 is 10.9. The summed E-state index contributed by atoms with van der Waals surface area (Å²) in [4.78, 5) is 2.05. The van der Waals surface area contributed by atoms with Gasteiger partial charge in [0.2, 0.25) is 5.89 Å². The summed E-state index contributed by atoms with van der Waals surface area (Å²) in [5.74, 6) is 0.626. The molecule has 0 unspecified atom stereocenters. The Bertz CT molecular complexity index is 353. The molecule has 1 aromatic heterocycles. The maximum Gasteiger partial charge on any atom is 0.318 e. The number of morpholine rings is 1. The van der Waals surface area contributed by atoms with Crippen LogP contribution in [0.1, 0.15) is 26.7 Å². The lowest BCUT2D eigenvalue weighted by atomic mass is 10.1. The molecular weight excluding hydrogens is 220 g/mol. The van der Waals surface area contributed by atoms with Crippen molar-refractivity contribution in [2.75, 3.05) is 31.2 Å². The highest BCUT2D eigenvalue weighted by Crippen LogP contribution is 2.14. The van der Waals surface area contributed by atoms with Gasteiger partial charge in [0.05, 0.1) is 19.8 Å². The first-order valence-electron chi connectivity index (χ1n) is 5.95. The first kappa shape index (κ1) is 12.3. The van der Waals surface area contributed by atoms with E-state index in [1.54, 1.807) is 0 Å². The zero-order valence-electron chi connectivity index (χ0n) is 10.7. The van der Waals surface area contributed by atoms with Crippen molar-refractivity contribution >= 4 is 6.01 Å². The second-order valence-electron chi connectivity index (χ2n) is 5.18. The van der Waals surface area contributed by atoms with Gasteiger partial charge in [0.15, 0.2) is 0 Å². The Morgan fingerprint density at radius 1 is 1.24 bits per heavy atom. The van der Waals surface area contributed by atoms with Gasteiger partial charge in [-0.2, -0.15) is 0 Å². The molecule has 1 aromatic rings. The van der Waals surface area contributed by atoms with Gasteiger partial charge >= 0.3 is 6.01 Å². The van der Waals surface area contributed by atoms with E-state index < -0.39 is 0 Å². The molecule has 0 atom stereocenters. The standard InChI is InChI=1S/C11H20N4O2/c1-11(2,3)12-8-9-13-14-10(17-9)15-4-6-16-7-5-15/h12H,4-8H2,1-3H3. The normalized spacial score (nSPS) is 17.5. The zero-order chi connectivity index (χ0) is 12.3. The maximum absolute atomic E-state index is 5.60. The van der Waals surface area contributed by atoms with Crippen LogP contribution in [-0.2, 0) is 11.3 Å². The average molecular weight is 240 g/mol. The SMILES string of the molecule is CC(C)(C)NCc1nnc(N2CCOCC2)o1. The summed E-state index contributed by atoms with van der Waals surface area (Å²) in [7, 11) is 0. The topological polar surface area (TPSA) is 63.4 Å². The van der Waals surface area contributed by atoms with E-state index in [0.29, 0.717) is 18.5 Å². The van der Waals surface area contributed by atoms with E-state index in [0.717, 1.165) is 26.3 Å². The number of nitrogens with one attached hydrogen (secondary N) is 1. The molecule has 0 aromatic carbocycles. The summed E-state index contributed by atoms with van der Waals surface area (Å²) in [6.45, 7) is 9.98. The third-order valence-corrected chi connectivity index (χ3v) is 2.51. The molecular formula is C11H20N4O2. The lowest BCUT2D eigenvalue weighted by Gasteiger charge is -2.24. The van der Waals surface area contributed by atoms with Crippen molar-refractivity contribution in [1.29, 1.82) is 0 Å². The third-order valence-electron chi connectivity index (χ3n) is 2.51. The van der Waals surface area contributed by atoms with E-state index >= 15 is 0 Å². The van der Waals surface area contributed by atoms with E-state index in [2.05, 4.69) is 41.2 Å². The molecule has 2 rings (SSSR count). The fourth-order valence-corrected chi connectivity index (χ4v) is 1.54. The monoisotopic (exact) mass is 240 g/mol. The molecule has 6 nitrogen and oxygen atoms in total. The Labute approximate surface area is 101 Å². The minimum Gasteiger partial charge on any atom is -0.407 e. The second kappa shape index (κ2) is 5.01. The Kier molecular flexibility index (Phi) is 3.63. The van der Waals surface area contributed by atoms with Gasteiger partial charge in [-0.3, -0.25) is 0 Å². The molecule has 0 bridgehead atoms. The van der Waals surface area contributed by atoms with Crippen molar-refractivity contribution in [1.82, 2.24) is 15.5 Å². The Hall–Kier alpha value is -1.14. The molecule has 1 N–H and O–H groups in total. The van der Waals surface area contributed by atoms with Gasteiger partial charge in [0.25, 0.3) is 0 Å². The van der Waals surface area contributed by atoms with Gasteiger partial charge in [-0.15, -0.1) is 5.10 Å². The largest absolute Gasteiger partial charge is 0.407 e.